The number of alkyl halides is 1. The quantitative estimate of drug-likeness (QED) is 0.661. The predicted octanol–water partition coefficient (Wildman–Crippen LogP) is -0.503. The Bertz CT molecular complexity index is 236. The minimum Gasteiger partial charge on any atom is -1.00 e. The third kappa shape index (κ3) is 12.5. The molecule has 0 fully saturated rings. The van der Waals surface area contributed by atoms with Crippen molar-refractivity contribution in [3.63, 3.8) is 0 Å². The minimum absolute atomic E-state index is 0. The molecule has 2 nitrogen and oxygen atoms in total. The van der Waals surface area contributed by atoms with Gasteiger partial charge in [0, 0.05) is 5.02 Å². The van der Waals surface area contributed by atoms with Gasteiger partial charge in [-0.05, 0) is 12.1 Å². The second kappa shape index (κ2) is 10.6. The second-order valence-electron chi connectivity index (χ2n) is 1.82. The summed E-state index contributed by atoms with van der Waals surface area (Å²) in [6.45, 7) is -1.28. The maximum absolute atomic E-state index is 10.5. The van der Waals surface area contributed by atoms with Crippen molar-refractivity contribution < 1.29 is 67.1 Å². The fourth-order valence-electron chi connectivity index (χ4n) is 0.415. The van der Waals surface area contributed by atoms with Crippen LogP contribution in [-0.4, -0.2) is 17.8 Å². The number of aliphatic carboxylic acids is 1. The molecule has 0 aliphatic heterocycles. The van der Waals surface area contributed by atoms with E-state index in [0.717, 1.165) is 5.02 Å². The molecule has 13 heavy (non-hydrogen) atoms. The first-order valence-corrected chi connectivity index (χ1v) is 3.53. The summed E-state index contributed by atoms with van der Waals surface area (Å²) in [6.07, 6.45) is 0. The van der Waals surface area contributed by atoms with Crippen LogP contribution in [0.4, 0.5) is 4.39 Å². The molecule has 0 atom stereocenters. The monoisotopic (exact) mass is 230 g/mol. The summed E-state index contributed by atoms with van der Waals surface area (Å²) in [7, 11) is 0. The van der Waals surface area contributed by atoms with Gasteiger partial charge in [-0.15, -0.1) is 0 Å². The van der Waals surface area contributed by atoms with Gasteiger partial charge in [0.15, 0.2) is 6.67 Å². The van der Waals surface area contributed by atoms with Crippen molar-refractivity contribution in [2.24, 2.45) is 0 Å². The summed E-state index contributed by atoms with van der Waals surface area (Å²) in [5.74, 6) is -1.41. The number of halogens is 2. The Morgan fingerprint density at radius 1 is 1.46 bits per heavy atom. The van der Waals surface area contributed by atoms with Crippen molar-refractivity contribution in [3.8, 4) is 0 Å². The third-order valence-electron chi connectivity index (χ3n) is 0.847. The van der Waals surface area contributed by atoms with Gasteiger partial charge in [-0.2, -0.15) is 0 Å². The van der Waals surface area contributed by atoms with Crippen molar-refractivity contribution in [2.45, 2.75) is 0 Å². The van der Waals surface area contributed by atoms with Crippen molar-refractivity contribution in [1.29, 1.82) is 0 Å². The summed E-state index contributed by atoms with van der Waals surface area (Å²) in [5, 5.41) is 8.14. The molecule has 0 radical (unpaired) electrons. The normalized spacial score (nSPS) is 7.54. The van der Waals surface area contributed by atoms with Crippen molar-refractivity contribution in [3.05, 3.63) is 35.4 Å². The Labute approximate surface area is 125 Å². The van der Waals surface area contributed by atoms with Crippen LogP contribution in [0.1, 0.15) is 1.43 Å². The van der Waals surface area contributed by atoms with Gasteiger partial charge in [0.05, 0.1) is 0 Å². The smallest absolute Gasteiger partial charge is 1.00 e. The van der Waals surface area contributed by atoms with Crippen LogP contribution in [0, 0.1) is 0 Å². The van der Waals surface area contributed by atoms with Gasteiger partial charge >= 0.3 is 57.4 Å². The number of hydrogen-bond donors (Lipinski definition) is 1. The molecule has 68 valence electrons. The van der Waals surface area contributed by atoms with Gasteiger partial charge in [0.1, 0.15) is 0 Å². The number of hydrogen-bond acceptors (Lipinski definition) is 1. The van der Waals surface area contributed by atoms with Gasteiger partial charge in [-0.3, -0.25) is 0 Å². The number of carboxylic acid groups (broad SMARTS) is 1. The maximum Gasteiger partial charge on any atom is 1.00 e. The minimum atomic E-state index is -1.41. The molecule has 5 heteroatoms. The summed E-state index contributed by atoms with van der Waals surface area (Å²) >= 11 is 5.54. The van der Waals surface area contributed by atoms with E-state index in [1.165, 1.54) is 0 Å². The summed E-state index contributed by atoms with van der Waals surface area (Å²) in [6, 6.07) is 9.44. The first-order valence-electron chi connectivity index (χ1n) is 3.15. The fraction of sp³-hybridized carbons (Fsp3) is 0.125. The summed E-state index contributed by atoms with van der Waals surface area (Å²) < 4.78 is 10.5. The largest absolute Gasteiger partial charge is 1.00 e. The number of benzene rings is 1. The van der Waals surface area contributed by atoms with Crippen LogP contribution in [-0.2, 0) is 4.79 Å². The molecular weight excluding hydrogens is 222 g/mol. The molecule has 1 rings (SSSR count). The van der Waals surface area contributed by atoms with E-state index < -0.39 is 12.6 Å². The third-order valence-corrected chi connectivity index (χ3v) is 1.10. The maximum atomic E-state index is 10.5. The first-order chi connectivity index (χ1) is 5.66. The first kappa shape index (κ1) is 16.0. The molecule has 0 bridgehead atoms. The fourth-order valence-corrected chi connectivity index (χ4v) is 0.560. The number of rotatable bonds is 1. The van der Waals surface area contributed by atoms with E-state index in [0.29, 0.717) is 0 Å². The van der Waals surface area contributed by atoms with Crippen molar-refractivity contribution in [1.82, 2.24) is 0 Å². The molecule has 0 aliphatic rings. The van der Waals surface area contributed by atoms with Gasteiger partial charge < -0.3 is 6.53 Å². The Kier molecular flexibility index (Phi) is 13.1. The summed E-state index contributed by atoms with van der Waals surface area (Å²) in [4.78, 5) is 8.99. The molecule has 0 spiro atoms. The standard InChI is InChI=1S/C6H5Cl.C2H3FO2.K.H/c7-6-4-2-1-3-5-6;3-1-2(4)5;;/h1-5H;1H2,(H,4,5);;/q;;+1;-1. The van der Waals surface area contributed by atoms with Crippen LogP contribution >= 0.6 is 11.6 Å². The van der Waals surface area contributed by atoms with Crippen LogP contribution in [0.15, 0.2) is 30.3 Å². The summed E-state index contributed by atoms with van der Waals surface area (Å²) in [5.41, 5.74) is 0. The SMILES string of the molecule is Clc1ccccc1.O=C(O)CF.[H-].[K+]. The van der Waals surface area contributed by atoms with E-state index in [1.54, 1.807) is 0 Å². The van der Waals surface area contributed by atoms with E-state index in [1.807, 2.05) is 30.3 Å². The molecule has 0 aromatic heterocycles. The molecule has 1 aromatic rings. The van der Waals surface area contributed by atoms with Crippen LogP contribution < -0.4 is 51.4 Å². The topological polar surface area (TPSA) is 37.3 Å². The Balaban J connectivity index is -0.000000159. The Hall–Kier alpha value is 0.546. The predicted molar refractivity (Wildman–Crippen MR) is 46.2 cm³/mol. The molecule has 1 N–H and O–H groups in total. The van der Waals surface area contributed by atoms with Gasteiger partial charge in [-0.1, -0.05) is 29.8 Å². The van der Waals surface area contributed by atoms with Crippen molar-refractivity contribution in [2.75, 3.05) is 6.67 Å². The molecule has 0 unspecified atom stereocenters. The van der Waals surface area contributed by atoms with Crippen LogP contribution in [0.5, 0.6) is 0 Å². The molecule has 0 saturated carbocycles. The zero-order valence-electron chi connectivity index (χ0n) is 8.21. The zero-order chi connectivity index (χ0) is 9.40. The molecule has 0 saturated heterocycles. The zero-order valence-corrected chi connectivity index (χ0v) is 11.1. The van der Waals surface area contributed by atoms with Crippen LogP contribution in [0.2, 0.25) is 5.02 Å². The Morgan fingerprint density at radius 3 is 2.00 bits per heavy atom. The number of carbonyl (C=O) groups is 1. The van der Waals surface area contributed by atoms with E-state index >= 15 is 0 Å². The number of carboxylic acids is 1. The van der Waals surface area contributed by atoms with E-state index in [9.17, 15) is 4.39 Å². The van der Waals surface area contributed by atoms with E-state index in [2.05, 4.69) is 0 Å². The van der Waals surface area contributed by atoms with Crippen LogP contribution in [0.25, 0.3) is 0 Å². The average Bonchev–Trinajstić information content (AvgIpc) is 2.07. The van der Waals surface area contributed by atoms with Crippen molar-refractivity contribution >= 4 is 17.6 Å². The Morgan fingerprint density at radius 2 is 1.85 bits per heavy atom. The molecule has 0 heterocycles. The van der Waals surface area contributed by atoms with Gasteiger partial charge in [-0.25, -0.2) is 9.18 Å². The van der Waals surface area contributed by atoms with E-state index in [4.69, 9.17) is 21.5 Å². The molecule has 0 amide bonds. The van der Waals surface area contributed by atoms with Gasteiger partial charge in [0.2, 0.25) is 0 Å². The van der Waals surface area contributed by atoms with Crippen LogP contribution in [0.3, 0.4) is 0 Å². The molecule has 1 aromatic carbocycles. The average molecular weight is 231 g/mol. The second-order valence-corrected chi connectivity index (χ2v) is 2.26. The molecule has 0 aliphatic carbocycles. The molecular formula is C8H9ClFKO2. The van der Waals surface area contributed by atoms with Gasteiger partial charge in [0.25, 0.3) is 0 Å². The van der Waals surface area contributed by atoms with E-state index in [-0.39, 0.29) is 52.8 Å².